The number of carbonyl (C=O) groups is 1. The van der Waals surface area contributed by atoms with Crippen molar-refractivity contribution >= 4 is 38.3 Å². The predicted molar refractivity (Wildman–Crippen MR) is 82.0 cm³/mol. The van der Waals surface area contributed by atoms with Crippen molar-refractivity contribution in [3.8, 4) is 5.75 Å². The molecule has 0 saturated carbocycles. The summed E-state index contributed by atoms with van der Waals surface area (Å²) >= 11 is 3.42. The standard InChI is InChI=1S/C13H15BrN2O3S/c1-13(14)11(15-16(2)12(13)17)8-5-6-10(20(4)18)9(7-8)19-3/h5-7H,1-4H3. The number of ether oxygens (including phenoxy) is 1. The summed E-state index contributed by atoms with van der Waals surface area (Å²) in [6.07, 6.45) is 1.59. The van der Waals surface area contributed by atoms with E-state index in [0.29, 0.717) is 16.4 Å². The Balaban J connectivity index is 2.52. The molecule has 0 spiro atoms. The highest BCUT2D eigenvalue weighted by molar-refractivity contribution is 9.10. The first-order chi connectivity index (χ1) is 9.28. The maximum absolute atomic E-state index is 12.0. The Labute approximate surface area is 128 Å². The van der Waals surface area contributed by atoms with Gasteiger partial charge in [-0.3, -0.25) is 9.00 Å². The molecule has 0 N–H and O–H groups in total. The minimum Gasteiger partial charge on any atom is -0.495 e. The van der Waals surface area contributed by atoms with Crippen molar-refractivity contribution in [2.24, 2.45) is 5.10 Å². The smallest absolute Gasteiger partial charge is 0.265 e. The van der Waals surface area contributed by atoms with Gasteiger partial charge in [0.05, 0.1) is 28.5 Å². The van der Waals surface area contributed by atoms with Gasteiger partial charge in [0.1, 0.15) is 10.1 Å². The van der Waals surface area contributed by atoms with Gasteiger partial charge in [0.2, 0.25) is 0 Å². The van der Waals surface area contributed by atoms with Crippen LogP contribution in [0, 0.1) is 0 Å². The summed E-state index contributed by atoms with van der Waals surface area (Å²) in [5, 5.41) is 5.57. The lowest BCUT2D eigenvalue weighted by atomic mass is 9.98. The minimum atomic E-state index is -1.14. The first-order valence-corrected chi connectivity index (χ1v) is 8.22. The summed E-state index contributed by atoms with van der Waals surface area (Å²) < 4.78 is 16.0. The molecule has 1 aromatic rings. The van der Waals surface area contributed by atoms with E-state index in [4.69, 9.17) is 4.74 Å². The lowest BCUT2D eigenvalue weighted by molar-refractivity contribution is -0.128. The van der Waals surface area contributed by atoms with Gasteiger partial charge in [-0.05, 0) is 19.1 Å². The summed E-state index contributed by atoms with van der Waals surface area (Å²) in [4.78, 5) is 12.6. The molecule has 0 saturated heterocycles. The molecule has 0 bridgehead atoms. The van der Waals surface area contributed by atoms with Crippen molar-refractivity contribution in [1.29, 1.82) is 0 Å². The summed E-state index contributed by atoms with van der Waals surface area (Å²) in [6, 6.07) is 5.28. The van der Waals surface area contributed by atoms with Gasteiger partial charge in [-0.25, -0.2) is 5.01 Å². The summed E-state index contributed by atoms with van der Waals surface area (Å²) in [7, 11) is 2.00. The third-order valence-corrected chi connectivity index (χ3v) is 4.81. The van der Waals surface area contributed by atoms with Crippen molar-refractivity contribution in [3.05, 3.63) is 23.8 Å². The van der Waals surface area contributed by atoms with Crippen molar-refractivity contribution in [2.75, 3.05) is 20.4 Å². The second-order valence-corrected chi connectivity index (χ2v) is 7.53. The summed E-state index contributed by atoms with van der Waals surface area (Å²) in [6.45, 7) is 1.76. The Morgan fingerprint density at radius 1 is 1.45 bits per heavy atom. The molecule has 5 nitrogen and oxygen atoms in total. The average molecular weight is 359 g/mol. The summed E-state index contributed by atoms with van der Waals surface area (Å²) in [5.41, 5.74) is 1.37. The van der Waals surface area contributed by atoms with Gasteiger partial charge in [-0.2, -0.15) is 5.10 Å². The largest absolute Gasteiger partial charge is 0.495 e. The lowest BCUT2D eigenvalue weighted by Crippen LogP contribution is -2.37. The highest BCUT2D eigenvalue weighted by atomic mass is 79.9. The van der Waals surface area contributed by atoms with Crippen LogP contribution in [0.2, 0.25) is 0 Å². The number of amides is 1. The number of alkyl halides is 1. The van der Waals surface area contributed by atoms with Gasteiger partial charge in [-0.1, -0.05) is 22.0 Å². The highest BCUT2D eigenvalue weighted by Crippen LogP contribution is 2.33. The molecule has 0 fully saturated rings. The zero-order valence-corrected chi connectivity index (χ0v) is 14.0. The van der Waals surface area contributed by atoms with Crippen molar-refractivity contribution in [2.45, 2.75) is 16.1 Å². The van der Waals surface area contributed by atoms with E-state index in [0.717, 1.165) is 5.56 Å². The van der Waals surface area contributed by atoms with E-state index in [1.165, 1.54) is 12.1 Å². The predicted octanol–water partition coefficient (Wildman–Crippen LogP) is 1.76. The normalized spacial score (nSPS) is 23.8. The van der Waals surface area contributed by atoms with Crippen LogP contribution in [0.1, 0.15) is 12.5 Å². The van der Waals surface area contributed by atoms with Crippen LogP contribution in [0.25, 0.3) is 0 Å². The number of benzene rings is 1. The number of rotatable bonds is 3. The second-order valence-electron chi connectivity index (χ2n) is 4.60. The van der Waals surface area contributed by atoms with Crippen LogP contribution < -0.4 is 4.74 Å². The first kappa shape index (κ1) is 15.2. The molecule has 2 rings (SSSR count). The summed E-state index contributed by atoms with van der Waals surface area (Å²) in [5.74, 6) is 0.394. The minimum absolute atomic E-state index is 0.130. The van der Waals surface area contributed by atoms with Crippen molar-refractivity contribution < 1.29 is 13.7 Å². The molecule has 1 heterocycles. The molecule has 0 aliphatic carbocycles. The van der Waals surface area contributed by atoms with Crippen LogP contribution in [0.5, 0.6) is 5.75 Å². The third-order valence-electron chi connectivity index (χ3n) is 3.14. The van der Waals surface area contributed by atoms with Gasteiger partial charge in [0.15, 0.2) is 0 Å². The van der Waals surface area contributed by atoms with Crippen molar-refractivity contribution in [3.63, 3.8) is 0 Å². The molecule has 0 aromatic heterocycles. The maximum Gasteiger partial charge on any atom is 0.265 e. The number of hydrazone groups is 1. The number of halogens is 1. The number of carbonyl (C=O) groups excluding carboxylic acids is 1. The lowest BCUT2D eigenvalue weighted by Gasteiger charge is -2.17. The molecule has 1 aliphatic heterocycles. The zero-order chi connectivity index (χ0) is 15.1. The average Bonchev–Trinajstić information content (AvgIpc) is 2.61. The van der Waals surface area contributed by atoms with Gasteiger partial charge in [-0.15, -0.1) is 0 Å². The topological polar surface area (TPSA) is 59.0 Å². The highest BCUT2D eigenvalue weighted by Gasteiger charge is 2.44. The Morgan fingerprint density at radius 2 is 2.10 bits per heavy atom. The first-order valence-electron chi connectivity index (χ1n) is 5.87. The fourth-order valence-corrected chi connectivity index (χ4v) is 3.33. The van der Waals surface area contributed by atoms with E-state index in [2.05, 4.69) is 21.0 Å². The van der Waals surface area contributed by atoms with Gasteiger partial charge >= 0.3 is 0 Å². The number of methoxy groups -OCH3 is 1. The van der Waals surface area contributed by atoms with E-state index in [9.17, 15) is 9.00 Å². The molecule has 1 aliphatic rings. The quantitative estimate of drug-likeness (QED) is 0.773. The molecule has 1 aromatic carbocycles. The molecule has 2 unspecified atom stereocenters. The van der Waals surface area contributed by atoms with E-state index in [-0.39, 0.29) is 5.91 Å². The van der Waals surface area contributed by atoms with Crippen LogP contribution in [-0.2, 0) is 15.6 Å². The molecular formula is C13H15BrN2O3S. The molecule has 108 valence electrons. The van der Waals surface area contributed by atoms with Crippen LogP contribution in [0.15, 0.2) is 28.2 Å². The Hall–Kier alpha value is -1.21. The molecule has 0 radical (unpaired) electrons. The zero-order valence-electron chi connectivity index (χ0n) is 11.6. The molecule has 7 heteroatoms. The van der Waals surface area contributed by atoms with E-state index >= 15 is 0 Å². The Kier molecular flexibility index (Phi) is 4.02. The van der Waals surface area contributed by atoms with E-state index in [1.807, 2.05) is 0 Å². The van der Waals surface area contributed by atoms with Gasteiger partial charge < -0.3 is 4.74 Å². The molecule has 1 amide bonds. The van der Waals surface area contributed by atoms with Crippen molar-refractivity contribution in [1.82, 2.24) is 5.01 Å². The SMILES string of the molecule is COc1cc(C2=NN(C)C(=O)C2(C)Br)ccc1S(C)=O. The number of nitrogens with zero attached hydrogens (tertiary/aromatic N) is 2. The van der Waals surface area contributed by atoms with Crippen LogP contribution in [0.3, 0.4) is 0 Å². The van der Waals surface area contributed by atoms with Gasteiger partial charge in [0, 0.05) is 18.9 Å². The monoisotopic (exact) mass is 358 g/mol. The fourth-order valence-electron chi connectivity index (χ4n) is 2.08. The number of hydrogen-bond donors (Lipinski definition) is 0. The molecular weight excluding hydrogens is 344 g/mol. The maximum atomic E-state index is 12.0. The van der Waals surface area contributed by atoms with E-state index < -0.39 is 15.1 Å². The third kappa shape index (κ3) is 2.40. The van der Waals surface area contributed by atoms with Crippen LogP contribution in [-0.4, -0.2) is 45.6 Å². The second kappa shape index (κ2) is 5.29. The van der Waals surface area contributed by atoms with Crippen LogP contribution in [0.4, 0.5) is 0 Å². The molecule has 20 heavy (non-hydrogen) atoms. The Morgan fingerprint density at radius 3 is 2.55 bits per heavy atom. The fraction of sp³-hybridized carbons (Fsp3) is 0.385. The number of hydrogen-bond acceptors (Lipinski definition) is 4. The van der Waals surface area contributed by atoms with E-state index in [1.54, 1.807) is 38.4 Å². The Bertz CT molecular complexity index is 628. The van der Waals surface area contributed by atoms with Crippen LogP contribution >= 0.6 is 15.9 Å². The van der Waals surface area contributed by atoms with Gasteiger partial charge in [0.25, 0.3) is 5.91 Å². The molecule has 2 atom stereocenters.